The van der Waals surface area contributed by atoms with Crippen molar-refractivity contribution < 1.29 is 13.2 Å². The summed E-state index contributed by atoms with van der Waals surface area (Å²) in [5, 5.41) is 10.4. The Balaban J connectivity index is 2.22. The normalized spacial score (nSPS) is 11.7. The van der Waals surface area contributed by atoms with Crippen LogP contribution in [0.5, 0.6) is 0 Å². The van der Waals surface area contributed by atoms with Crippen LogP contribution in [-0.2, 0) is 19.3 Å². The molecule has 2 rings (SSSR count). The van der Waals surface area contributed by atoms with Gasteiger partial charge >= 0.3 is 6.18 Å². The van der Waals surface area contributed by atoms with Crippen molar-refractivity contribution in [3.05, 3.63) is 40.4 Å². The monoisotopic (exact) mass is 348 g/mol. The molecule has 0 atom stereocenters. The Hall–Kier alpha value is -1.57. The quantitative estimate of drug-likeness (QED) is 0.916. The molecule has 20 heavy (non-hydrogen) atoms. The summed E-state index contributed by atoms with van der Waals surface area (Å²) in [6, 6.07) is 3.99. The Kier molecular flexibility index (Phi) is 4.32. The largest absolute Gasteiger partial charge is 0.418 e. The molecule has 108 valence electrons. The van der Waals surface area contributed by atoms with Crippen LogP contribution in [0.2, 0.25) is 0 Å². The van der Waals surface area contributed by atoms with Crippen LogP contribution in [0.4, 0.5) is 18.9 Å². The smallest absolute Gasteiger partial charge is 0.377 e. The lowest BCUT2D eigenvalue weighted by Crippen LogP contribution is -2.13. The predicted octanol–water partition coefficient (Wildman–Crippen LogP) is 3.69. The van der Waals surface area contributed by atoms with Crippen molar-refractivity contribution in [2.24, 2.45) is 0 Å². The highest BCUT2D eigenvalue weighted by Gasteiger charge is 2.33. The topological polar surface area (TPSA) is 42.7 Å². The predicted molar refractivity (Wildman–Crippen MR) is 72.2 cm³/mol. The van der Waals surface area contributed by atoms with Crippen LogP contribution < -0.4 is 5.32 Å². The van der Waals surface area contributed by atoms with Gasteiger partial charge in [-0.1, -0.05) is 15.9 Å². The SMILES string of the molecule is CCn1cnnc1CNc1ccc(Br)cc1C(F)(F)F. The Labute approximate surface area is 122 Å². The summed E-state index contributed by atoms with van der Waals surface area (Å²) in [6.07, 6.45) is -2.87. The van der Waals surface area contributed by atoms with Crippen LogP contribution in [0.25, 0.3) is 0 Å². The fraction of sp³-hybridized carbons (Fsp3) is 0.333. The number of rotatable bonds is 4. The van der Waals surface area contributed by atoms with Gasteiger partial charge in [-0.05, 0) is 25.1 Å². The van der Waals surface area contributed by atoms with E-state index in [1.54, 1.807) is 17.0 Å². The molecule has 0 fully saturated rings. The highest BCUT2D eigenvalue weighted by Crippen LogP contribution is 2.36. The molecular weight excluding hydrogens is 337 g/mol. The van der Waals surface area contributed by atoms with Gasteiger partial charge in [-0.3, -0.25) is 0 Å². The summed E-state index contributed by atoms with van der Waals surface area (Å²) in [5.41, 5.74) is -0.694. The number of hydrogen-bond acceptors (Lipinski definition) is 3. The number of aryl methyl sites for hydroxylation is 1. The summed E-state index contributed by atoms with van der Waals surface area (Å²) in [4.78, 5) is 0. The third kappa shape index (κ3) is 3.30. The first-order chi connectivity index (χ1) is 9.41. The lowest BCUT2D eigenvalue weighted by Gasteiger charge is -2.15. The van der Waals surface area contributed by atoms with Gasteiger partial charge < -0.3 is 9.88 Å². The molecule has 4 nitrogen and oxygen atoms in total. The van der Waals surface area contributed by atoms with Crippen molar-refractivity contribution >= 4 is 21.6 Å². The number of benzene rings is 1. The molecule has 0 spiro atoms. The third-order valence-corrected chi connectivity index (χ3v) is 3.25. The van der Waals surface area contributed by atoms with Crippen LogP contribution in [0.15, 0.2) is 29.0 Å². The number of nitrogens with zero attached hydrogens (tertiary/aromatic N) is 3. The van der Waals surface area contributed by atoms with E-state index < -0.39 is 11.7 Å². The number of anilines is 1. The Morgan fingerprint density at radius 1 is 1.35 bits per heavy atom. The molecule has 2 aromatic rings. The zero-order valence-electron chi connectivity index (χ0n) is 10.6. The second kappa shape index (κ2) is 5.82. The molecule has 0 unspecified atom stereocenters. The minimum atomic E-state index is -4.41. The van der Waals surface area contributed by atoms with Gasteiger partial charge in [0.25, 0.3) is 0 Å². The van der Waals surface area contributed by atoms with Gasteiger partial charge in [0.05, 0.1) is 12.1 Å². The molecule has 8 heteroatoms. The summed E-state index contributed by atoms with van der Waals surface area (Å²) in [6.45, 7) is 2.75. The van der Waals surface area contributed by atoms with E-state index in [4.69, 9.17) is 0 Å². The average molecular weight is 349 g/mol. The summed E-state index contributed by atoms with van der Waals surface area (Å²) in [7, 11) is 0. The molecule has 0 amide bonds. The van der Waals surface area contributed by atoms with E-state index in [1.807, 2.05) is 6.92 Å². The Bertz CT molecular complexity index is 595. The zero-order valence-corrected chi connectivity index (χ0v) is 12.2. The first-order valence-electron chi connectivity index (χ1n) is 5.89. The maximum absolute atomic E-state index is 12.9. The van der Waals surface area contributed by atoms with Crippen molar-refractivity contribution in [1.29, 1.82) is 0 Å². The number of aromatic nitrogens is 3. The lowest BCUT2D eigenvalue weighted by atomic mass is 10.1. The molecule has 0 aliphatic heterocycles. The number of halogens is 4. The van der Waals surface area contributed by atoms with Crippen molar-refractivity contribution in [1.82, 2.24) is 14.8 Å². The molecule has 0 saturated carbocycles. The Morgan fingerprint density at radius 3 is 2.75 bits per heavy atom. The van der Waals surface area contributed by atoms with Gasteiger partial charge in [0.15, 0.2) is 5.82 Å². The van der Waals surface area contributed by atoms with E-state index >= 15 is 0 Å². The van der Waals surface area contributed by atoms with E-state index in [1.165, 1.54) is 6.07 Å². The molecule has 0 aliphatic carbocycles. The molecule has 1 heterocycles. The average Bonchev–Trinajstić information content (AvgIpc) is 2.83. The van der Waals surface area contributed by atoms with Crippen LogP contribution >= 0.6 is 15.9 Å². The van der Waals surface area contributed by atoms with Gasteiger partial charge in [-0.15, -0.1) is 10.2 Å². The zero-order chi connectivity index (χ0) is 14.8. The van der Waals surface area contributed by atoms with Crippen LogP contribution in [0, 0.1) is 0 Å². The summed E-state index contributed by atoms with van der Waals surface area (Å²) < 4.78 is 41.0. The lowest BCUT2D eigenvalue weighted by molar-refractivity contribution is -0.137. The van der Waals surface area contributed by atoms with Crippen molar-refractivity contribution in [2.75, 3.05) is 5.32 Å². The van der Waals surface area contributed by atoms with Crippen LogP contribution in [0.1, 0.15) is 18.3 Å². The first kappa shape index (κ1) is 14.8. The molecule has 1 aromatic carbocycles. The standard InChI is InChI=1S/C12H12BrF3N4/c1-2-20-7-18-19-11(20)6-17-10-4-3-8(13)5-9(10)12(14,15)16/h3-5,7,17H,2,6H2,1H3. The van der Waals surface area contributed by atoms with Gasteiger partial charge in [0.1, 0.15) is 6.33 Å². The van der Waals surface area contributed by atoms with Gasteiger partial charge in [0, 0.05) is 16.7 Å². The molecule has 0 radical (unpaired) electrons. The fourth-order valence-electron chi connectivity index (χ4n) is 1.76. The van der Waals surface area contributed by atoms with E-state index in [0.717, 1.165) is 6.07 Å². The number of nitrogens with one attached hydrogen (secondary N) is 1. The fourth-order valence-corrected chi connectivity index (χ4v) is 2.12. The summed E-state index contributed by atoms with van der Waals surface area (Å²) >= 11 is 3.05. The highest BCUT2D eigenvalue weighted by molar-refractivity contribution is 9.10. The van der Waals surface area contributed by atoms with Crippen LogP contribution in [-0.4, -0.2) is 14.8 Å². The van der Waals surface area contributed by atoms with Crippen molar-refractivity contribution in [3.63, 3.8) is 0 Å². The first-order valence-corrected chi connectivity index (χ1v) is 6.68. The molecule has 1 aromatic heterocycles. The molecule has 0 aliphatic rings. The maximum Gasteiger partial charge on any atom is 0.418 e. The van der Waals surface area contributed by atoms with Crippen LogP contribution in [0.3, 0.4) is 0 Å². The van der Waals surface area contributed by atoms with Crippen molar-refractivity contribution in [3.8, 4) is 0 Å². The number of hydrogen-bond donors (Lipinski definition) is 1. The maximum atomic E-state index is 12.9. The Morgan fingerprint density at radius 2 is 2.10 bits per heavy atom. The van der Waals surface area contributed by atoms with Gasteiger partial charge in [-0.25, -0.2) is 0 Å². The van der Waals surface area contributed by atoms with Crippen molar-refractivity contribution in [2.45, 2.75) is 26.2 Å². The highest BCUT2D eigenvalue weighted by atomic mass is 79.9. The molecule has 0 saturated heterocycles. The second-order valence-electron chi connectivity index (χ2n) is 4.07. The van der Waals surface area contributed by atoms with Gasteiger partial charge in [0.2, 0.25) is 0 Å². The molecule has 1 N–H and O–H groups in total. The third-order valence-electron chi connectivity index (χ3n) is 2.76. The van der Waals surface area contributed by atoms with E-state index in [9.17, 15) is 13.2 Å². The minimum Gasteiger partial charge on any atom is -0.377 e. The molecule has 0 bridgehead atoms. The molecular formula is C12H12BrF3N4. The summed E-state index contributed by atoms with van der Waals surface area (Å²) in [5.74, 6) is 0.587. The minimum absolute atomic E-state index is 0.0198. The van der Waals surface area contributed by atoms with E-state index in [0.29, 0.717) is 16.8 Å². The van der Waals surface area contributed by atoms with E-state index in [2.05, 4.69) is 31.4 Å². The van der Waals surface area contributed by atoms with Gasteiger partial charge in [-0.2, -0.15) is 13.2 Å². The number of alkyl halides is 3. The second-order valence-corrected chi connectivity index (χ2v) is 4.99. The van der Waals surface area contributed by atoms with E-state index in [-0.39, 0.29) is 12.2 Å².